The average Bonchev–Trinajstić information content (AvgIpc) is 2.92. The van der Waals surface area contributed by atoms with E-state index in [1.165, 1.54) is 34.6 Å². The number of amides is 1. The summed E-state index contributed by atoms with van der Waals surface area (Å²) in [4.78, 5) is 12.4. The van der Waals surface area contributed by atoms with E-state index in [0.29, 0.717) is 18.8 Å². The number of halogens is 1. The van der Waals surface area contributed by atoms with E-state index in [9.17, 15) is 18.3 Å². The van der Waals surface area contributed by atoms with E-state index in [1.807, 2.05) is 0 Å². The Morgan fingerprint density at radius 1 is 1.04 bits per heavy atom. The Labute approximate surface area is 163 Å². The lowest BCUT2D eigenvalue weighted by molar-refractivity contribution is 0.102. The predicted octanol–water partition coefficient (Wildman–Crippen LogP) is 3.86. The van der Waals surface area contributed by atoms with Crippen LogP contribution in [0.4, 0.5) is 5.69 Å². The Morgan fingerprint density at radius 3 is 2.41 bits per heavy atom. The summed E-state index contributed by atoms with van der Waals surface area (Å²) >= 11 is 6.16. The van der Waals surface area contributed by atoms with E-state index >= 15 is 0 Å². The molecule has 6 nitrogen and oxygen atoms in total. The minimum Gasteiger partial charge on any atom is -0.508 e. The quantitative estimate of drug-likeness (QED) is 0.804. The second-order valence-electron chi connectivity index (χ2n) is 6.47. The van der Waals surface area contributed by atoms with E-state index in [0.717, 1.165) is 25.7 Å². The van der Waals surface area contributed by atoms with Crippen LogP contribution in [0.1, 0.15) is 36.0 Å². The van der Waals surface area contributed by atoms with Gasteiger partial charge in [0.15, 0.2) is 0 Å². The molecule has 1 aliphatic rings. The number of rotatable bonds is 4. The van der Waals surface area contributed by atoms with Gasteiger partial charge in [-0.05, 0) is 43.2 Å². The number of anilines is 1. The first-order valence-electron chi connectivity index (χ1n) is 8.78. The number of nitrogens with one attached hydrogen (secondary N) is 1. The number of carbonyl (C=O) groups excluding carboxylic acids is 1. The van der Waals surface area contributed by atoms with Crippen molar-refractivity contribution < 1.29 is 18.3 Å². The zero-order valence-corrected chi connectivity index (χ0v) is 16.3. The van der Waals surface area contributed by atoms with Crippen LogP contribution in [0.2, 0.25) is 5.02 Å². The molecule has 2 N–H and O–H groups in total. The van der Waals surface area contributed by atoms with Gasteiger partial charge in [0.1, 0.15) is 10.6 Å². The van der Waals surface area contributed by atoms with Crippen LogP contribution in [0.25, 0.3) is 0 Å². The van der Waals surface area contributed by atoms with Crippen molar-refractivity contribution in [2.75, 3.05) is 18.4 Å². The molecule has 27 heavy (non-hydrogen) atoms. The molecule has 2 aromatic rings. The lowest BCUT2D eigenvalue weighted by Crippen LogP contribution is -2.32. The van der Waals surface area contributed by atoms with Crippen LogP contribution >= 0.6 is 11.6 Å². The van der Waals surface area contributed by atoms with Gasteiger partial charge in [0.2, 0.25) is 10.0 Å². The molecule has 1 aliphatic heterocycles. The topological polar surface area (TPSA) is 86.7 Å². The zero-order chi connectivity index (χ0) is 19.4. The van der Waals surface area contributed by atoms with Gasteiger partial charge in [-0.1, -0.05) is 30.5 Å². The molecule has 0 unspecified atom stereocenters. The molecule has 1 fully saturated rings. The number of aromatic hydroxyl groups is 1. The van der Waals surface area contributed by atoms with E-state index in [-0.39, 0.29) is 21.2 Å². The van der Waals surface area contributed by atoms with E-state index in [1.54, 1.807) is 12.1 Å². The highest BCUT2D eigenvalue weighted by atomic mass is 35.5. The molecule has 0 atom stereocenters. The van der Waals surface area contributed by atoms with Gasteiger partial charge in [-0.15, -0.1) is 0 Å². The Balaban J connectivity index is 1.88. The van der Waals surface area contributed by atoms with Gasteiger partial charge in [-0.25, -0.2) is 8.42 Å². The molecule has 0 radical (unpaired) electrons. The Bertz CT molecular complexity index is 938. The molecule has 1 saturated heterocycles. The highest BCUT2D eigenvalue weighted by molar-refractivity contribution is 7.89. The smallest absolute Gasteiger partial charge is 0.255 e. The number of sulfonamides is 1. The third-order valence-corrected chi connectivity index (χ3v) is 6.86. The number of hydrogen-bond acceptors (Lipinski definition) is 4. The largest absolute Gasteiger partial charge is 0.508 e. The Hall–Kier alpha value is -2.09. The van der Waals surface area contributed by atoms with Crippen molar-refractivity contribution in [2.24, 2.45) is 0 Å². The van der Waals surface area contributed by atoms with Crippen LogP contribution in [0, 0.1) is 0 Å². The summed E-state index contributed by atoms with van der Waals surface area (Å²) in [7, 11) is -3.77. The number of phenols is 1. The SMILES string of the molecule is O=C(Nc1cccc(O)c1)c1ccc(Cl)c(S(=O)(=O)N2CCCCCC2)c1. The van der Waals surface area contributed by atoms with Crippen molar-refractivity contribution in [1.82, 2.24) is 4.31 Å². The minimum atomic E-state index is -3.77. The lowest BCUT2D eigenvalue weighted by Gasteiger charge is -2.21. The highest BCUT2D eigenvalue weighted by Gasteiger charge is 2.28. The summed E-state index contributed by atoms with van der Waals surface area (Å²) in [6.45, 7) is 0.913. The van der Waals surface area contributed by atoms with Crippen LogP contribution in [0.5, 0.6) is 5.75 Å². The number of phenolic OH excluding ortho intramolecular Hbond substituents is 1. The van der Waals surface area contributed by atoms with E-state index in [2.05, 4.69) is 5.32 Å². The summed E-state index contributed by atoms with van der Waals surface area (Å²) in [5.41, 5.74) is 0.586. The van der Waals surface area contributed by atoms with Crippen molar-refractivity contribution >= 4 is 33.2 Å². The normalized spacial score (nSPS) is 15.9. The Morgan fingerprint density at radius 2 is 1.74 bits per heavy atom. The first-order valence-corrected chi connectivity index (χ1v) is 10.6. The van der Waals surface area contributed by atoms with Crippen LogP contribution in [0.3, 0.4) is 0 Å². The standard InChI is InChI=1S/C19H21ClN2O4S/c20-17-9-8-14(19(24)21-15-6-5-7-16(23)13-15)12-18(17)27(25,26)22-10-3-1-2-4-11-22/h5-9,12-13,23H,1-4,10-11H2,(H,21,24). The summed E-state index contributed by atoms with van der Waals surface area (Å²) in [5.74, 6) is -0.460. The third kappa shape index (κ3) is 4.61. The summed E-state index contributed by atoms with van der Waals surface area (Å²) in [6.07, 6.45) is 3.64. The van der Waals surface area contributed by atoms with Crippen molar-refractivity contribution in [3.63, 3.8) is 0 Å². The van der Waals surface area contributed by atoms with Gasteiger partial charge in [-0.3, -0.25) is 4.79 Å². The van der Waals surface area contributed by atoms with E-state index in [4.69, 9.17) is 11.6 Å². The monoisotopic (exact) mass is 408 g/mol. The minimum absolute atomic E-state index is 0.0216. The molecule has 0 saturated carbocycles. The van der Waals surface area contributed by atoms with Gasteiger partial charge < -0.3 is 10.4 Å². The van der Waals surface area contributed by atoms with Gasteiger partial charge in [0.25, 0.3) is 5.91 Å². The molecule has 0 aliphatic carbocycles. The average molecular weight is 409 g/mol. The highest BCUT2D eigenvalue weighted by Crippen LogP contribution is 2.28. The second kappa shape index (κ2) is 8.29. The summed E-state index contributed by atoms with van der Waals surface area (Å²) in [6, 6.07) is 10.3. The number of carbonyl (C=O) groups is 1. The van der Waals surface area contributed by atoms with Gasteiger partial charge in [0.05, 0.1) is 5.02 Å². The van der Waals surface area contributed by atoms with Crippen molar-refractivity contribution in [2.45, 2.75) is 30.6 Å². The molecule has 3 rings (SSSR count). The number of nitrogens with zero attached hydrogens (tertiary/aromatic N) is 1. The van der Waals surface area contributed by atoms with Gasteiger partial charge in [0, 0.05) is 30.4 Å². The van der Waals surface area contributed by atoms with Crippen molar-refractivity contribution in [3.8, 4) is 5.75 Å². The maximum Gasteiger partial charge on any atom is 0.255 e. The second-order valence-corrected chi connectivity index (χ2v) is 8.78. The zero-order valence-electron chi connectivity index (χ0n) is 14.7. The molecule has 8 heteroatoms. The number of benzene rings is 2. The predicted molar refractivity (Wildman–Crippen MR) is 105 cm³/mol. The fourth-order valence-electron chi connectivity index (χ4n) is 3.05. The lowest BCUT2D eigenvalue weighted by atomic mass is 10.2. The Kier molecular flexibility index (Phi) is 6.04. The summed E-state index contributed by atoms with van der Waals surface area (Å²) in [5, 5.41) is 12.2. The summed E-state index contributed by atoms with van der Waals surface area (Å²) < 4.78 is 27.5. The van der Waals surface area contributed by atoms with E-state index < -0.39 is 15.9 Å². The fraction of sp³-hybridized carbons (Fsp3) is 0.316. The van der Waals surface area contributed by atoms with Crippen molar-refractivity contribution in [3.05, 3.63) is 53.1 Å². The van der Waals surface area contributed by atoms with Crippen LogP contribution in [-0.4, -0.2) is 36.8 Å². The molecule has 0 spiro atoms. The maximum absolute atomic E-state index is 13.0. The number of hydrogen-bond donors (Lipinski definition) is 2. The molecule has 2 aromatic carbocycles. The molecule has 1 amide bonds. The molecular weight excluding hydrogens is 388 g/mol. The first-order chi connectivity index (χ1) is 12.9. The van der Waals surface area contributed by atoms with Crippen molar-refractivity contribution in [1.29, 1.82) is 0 Å². The van der Waals surface area contributed by atoms with Gasteiger partial charge >= 0.3 is 0 Å². The van der Waals surface area contributed by atoms with Gasteiger partial charge in [-0.2, -0.15) is 4.31 Å². The fourth-order valence-corrected chi connectivity index (χ4v) is 5.07. The first kappa shape index (κ1) is 19.7. The molecule has 0 aromatic heterocycles. The van der Waals surface area contributed by atoms with Crippen LogP contribution in [0.15, 0.2) is 47.4 Å². The molecule has 0 bridgehead atoms. The van der Waals surface area contributed by atoms with Crippen LogP contribution < -0.4 is 5.32 Å². The van der Waals surface area contributed by atoms with Crippen LogP contribution in [-0.2, 0) is 10.0 Å². The maximum atomic E-state index is 13.0. The molecule has 144 valence electrons. The third-order valence-electron chi connectivity index (χ3n) is 4.48. The molecular formula is C19H21ClN2O4S. The molecule has 1 heterocycles.